The van der Waals surface area contributed by atoms with Gasteiger partial charge in [-0.2, -0.15) is 0 Å². The summed E-state index contributed by atoms with van der Waals surface area (Å²) in [5, 5.41) is 20.6. The van der Waals surface area contributed by atoms with Crippen LogP contribution in [0.3, 0.4) is 0 Å². The molecule has 0 saturated heterocycles. The Bertz CT molecular complexity index is 795. The van der Waals surface area contributed by atoms with E-state index in [4.69, 9.17) is 10.2 Å². The zero-order valence-electron chi connectivity index (χ0n) is 11.9. The first kappa shape index (κ1) is 16.0. The van der Waals surface area contributed by atoms with Gasteiger partial charge in [-0.3, -0.25) is 4.79 Å². The number of carboxylic acids is 2. The van der Waals surface area contributed by atoms with Crippen molar-refractivity contribution in [3.63, 3.8) is 0 Å². The van der Waals surface area contributed by atoms with Gasteiger partial charge in [-0.1, -0.05) is 30.3 Å². The third-order valence-corrected chi connectivity index (χ3v) is 3.02. The third-order valence-electron chi connectivity index (χ3n) is 3.02. The summed E-state index contributed by atoms with van der Waals surface area (Å²) in [6, 6.07) is 12.2. The summed E-state index contributed by atoms with van der Waals surface area (Å²) in [6.45, 7) is 0. The fourth-order valence-corrected chi connectivity index (χ4v) is 1.96. The highest BCUT2D eigenvalue weighted by Crippen LogP contribution is 2.15. The number of rotatable bonds is 5. The molecule has 2 aromatic rings. The van der Waals surface area contributed by atoms with Gasteiger partial charge in [-0.25, -0.2) is 9.59 Å². The fraction of sp³-hybridized carbons (Fsp3) is 0. The smallest absolute Gasteiger partial charge is 0.337 e. The second-order valence-corrected chi connectivity index (χ2v) is 4.57. The Hall–Kier alpha value is -3.41. The summed E-state index contributed by atoms with van der Waals surface area (Å²) >= 11 is 0. The van der Waals surface area contributed by atoms with Crippen molar-refractivity contribution in [2.24, 2.45) is 0 Å². The molecule has 0 heterocycles. The summed E-state index contributed by atoms with van der Waals surface area (Å²) in [4.78, 5) is 34.0. The lowest BCUT2D eigenvalue weighted by Gasteiger charge is -2.06. The standard InChI is InChI=1S/C17H13NO5/c19-15(18-14-8-4-3-7-13(14)17(22)23)10-9-11-5-1-2-6-12(11)16(20)21/h1-10H,(H,18,19)(H,20,21)(H,22,23). The summed E-state index contributed by atoms with van der Waals surface area (Å²) < 4.78 is 0. The van der Waals surface area contributed by atoms with Gasteiger partial charge in [0.25, 0.3) is 0 Å². The Kier molecular flexibility index (Phi) is 4.89. The van der Waals surface area contributed by atoms with E-state index in [1.165, 1.54) is 24.3 Å². The average molecular weight is 311 g/mol. The van der Waals surface area contributed by atoms with Crippen molar-refractivity contribution in [3.05, 3.63) is 71.3 Å². The molecule has 3 N–H and O–H groups in total. The molecular weight excluding hydrogens is 298 g/mol. The maximum Gasteiger partial charge on any atom is 0.337 e. The molecule has 0 aromatic heterocycles. The molecule has 116 valence electrons. The van der Waals surface area contributed by atoms with Crippen LogP contribution in [0.15, 0.2) is 54.6 Å². The second-order valence-electron chi connectivity index (χ2n) is 4.57. The van der Waals surface area contributed by atoms with Crippen LogP contribution in [-0.4, -0.2) is 28.1 Å². The molecule has 0 radical (unpaired) electrons. The first-order chi connectivity index (χ1) is 11.0. The van der Waals surface area contributed by atoms with Crippen molar-refractivity contribution < 1.29 is 24.6 Å². The van der Waals surface area contributed by atoms with Crippen molar-refractivity contribution in [1.29, 1.82) is 0 Å². The van der Waals surface area contributed by atoms with E-state index in [1.807, 2.05) is 0 Å². The molecule has 0 unspecified atom stereocenters. The molecule has 0 aliphatic heterocycles. The number of anilines is 1. The van der Waals surface area contributed by atoms with Crippen LogP contribution in [0.25, 0.3) is 6.08 Å². The number of benzene rings is 2. The largest absolute Gasteiger partial charge is 0.478 e. The van der Waals surface area contributed by atoms with Crippen LogP contribution < -0.4 is 5.32 Å². The van der Waals surface area contributed by atoms with Gasteiger partial charge in [0.05, 0.1) is 16.8 Å². The maximum absolute atomic E-state index is 11.9. The van der Waals surface area contributed by atoms with Gasteiger partial charge >= 0.3 is 11.9 Å². The first-order valence-electron chi connectivity index (χ1n) is 6.62. The number of carbonyl (C=O) groups excluding carboxylic acids is 1. The summed E-state index contributed by atoms with van der Waals surface area (Å²) in [5.41, 5.74) is 0.588. The summed E-state index contributed by atoms with van der Waals surface area (Å²) in [5.74, 6) is -2.80. The number of para-hydroxylation sites is 1. The number of hydrogen-bond donors (Lipinski definition) is 3. The lowest BCUT2D eigenvalue weighted by Crippen LogP contribution is -2.12. The van der Waals surface area contributed by atoms with Gasteiger partial charge in [0, 0.05) is 6.08 Å². The van der Waals surface area contributed by atoms with Gasteiger partial charge in [0.15, 0.2) is 0 Å². The van der Waals surface area contributed by atoms with Crippen LogP contribution in [0, 0.1) is 0 Å². The SMILES string of the molecule is O=C(C=Cc1ccccc1C(=O)O)Nc1ccccc1C(=O)O. The maximum atomic E-state index is 11.9. The van der Waals surface area contributed by atoms with E-state index in [1.54, 1.807) is 30.3 Å². The highest BCUT2D eigenvalue weighted by atomic mass is 16.4. The highest BCUT2D eigenvalue weighted by molar-refractivity contribution is 6.06. The zero-order valence-corrected chi connectivity index (χ0v) is 11.9. The third kappa shape index (κ3) is 4.04. The minimum absolute atomic E-state index is 0.0276. The molecule has 23 heavy (non-hydrogen) atoms. The molecule has 0 spiro atoms. The van der Waals surface area contributed by atoms with E-state index in [0.717, 1.165) is 6.08 Å². The number of hydrogen-bond acceptors (Lipinski definition) is 3. The van der Waals surface area contributed by atoms with E-state index >= 15 is 0 Å². The van der Waals surface area contributed by atoms with Crippen molar-refractivity contribution in [2.75, 3.05) is 5.32 Å². The molecule has 0 atom stereocenters. The lowest BCUT2D eigenvalue weighted by molar-refractivity contribution is -0.111. The van der Waals surface area contributed by atoms with Gasteiger partial charge < -0.3 is 15.5 Å². The minimum atomic E-state index is -1.15. The fourth-order valence-electron chi connectivity index (χ4n) is 1.96. The second kappa shape index (κ2) is 7.04. The first-order valence-corrected chi connectivity index (χ1v) is 6.62. The number of amides is 1. The molecule has 0 aliphatic carbocycles. The Balaban J connectivity index is 2.18. The van der Waals surface area contributed by atoms with Crippen LogP contribution in [0.5, 0.6) is 0 Å². The van der Waals surface area contributed by atoms with Crippen LogP contribution in [0.1, 0.15) is 26.3 Å². The molecular formula is C17H13NO5. The highest BCUT2D eigenvalue weighted by Gasteiger charge is 2.11. The Morgan fingerprint density at radius 1 is 0.826 bits per heavy atom. The van der Waals surface area contributed by atoms with E-state index in [9.17, 15) is 14.4 Å². The lowest BCUT2D eigenvalue weighted by atomic mass is 10.1. The molecule has 2 aromatic carbocycles. The molecule has 0 aliphatic rings. The molecule has 6 nitrogen and oxygen atoms in total. The van der Waals surface area contributed by atoms with E-state index in [0.29, 0.717) is 5.56 Å². The zero-order chi connectivity index (χ0) is 16.8. The quantitative estimate of drug-likeness (QED) is 0.737. The Labute approximate surface area is 131 Å². The molecule has 2 rings (SSSR count). The van der Waals surface area contributed by atoms with E-state index < -0.39 is 17.8 Å². The van der Waals surface area contributed by atoms with Crippen molar-refractivity contribution in [1.82, 2.24) is 0 Å². The molecule has 0 saturated carbocycles. The van der Waals surface area contributed by atoms with Gasteiger partial charge in [0.2, 0.25) is 5.91 Å². The molecule has 0 bridgehead atoms. The predicted octanol–water partition coefficient (Wildman–Crippen LogP) is 2.73. The van der Waals surface area contributed by atoms with Crippen LogP contribution in [-0.2, 0) is 4.79 Å². The number of carboxylic acid groups (broad SMARTS) is 2. The predicted molar refractivity (Wildman–Crippen MR) is 84.5 cm³/mol. The van der Waals surface area contributed by atoms with Crippen LogP contribution >= 0.6 is 0 Å². The number of aromatic carboxylic acids is 2. The van der Waals surface area contributed by atoms with Crippen LogP contribution in [0.2, 0.25) is 0 Å². The normalized spacial score (nSPS) is 10.4. The summed E-state index contributed by atoms with van der Waals surface area (Å²) in [6.07, 6.45) is 2.52. The van der Waals surface area contributed by atoms with Crippen LogP contribution in [0.4, 0.5) is 5.69 Å². The Morgan fingerprint density at radius 3 is 2.04 bits per heavy atom. The van der Waals surface area contributed by atoms with Crippen molar-refractivity contribution in [2.45, 2.75) is 0 Å². The molecule has 1 amide bonds. The van der Waals surface area contributed by atoms with Gasteiger partial charge in [-0.15, -0.1) is 0 Å². The van der Waals surface area contributed by atoms with Gasteiger partial charge in [-0.05, 0) is 29.8 Å². The summed E-state index contributed by atoms with van der Waals surface area (Å²) in [7, 11) is 0. The number of carbonyl (C=O) groups is 3. The topological polar surface area (TPSA) is 104 Å². The van der Waals surface area contributed by atoms with Gasteiger partial charge in [0.1, 0.15) is 0 Å². The Morgan fingerprint density at radius 2 is 1.39 bits per heavy atom. The van der Waals surface area contributed by atoms with E-state index in [2.05, 4.69) is 5.32 Å². The van der Waals surface area contributed by atoms with Crippen molar-refractivity contribution in [3.8, 4) is 0 Å². The monoisotopic (exact) mass is 311 g/mol. The van der Waals surface area contributed by atoms with E-state index in [-0.39, 0.29) is 16.8 Å². The average Bonchev–Trinajstić information content (AvgIpc) is 2.53. The number of nitrogens with one attached hydrogen (secondary N) is 1. The minimum Gasteiger partial charge on any atom is -0.478 e. The molecule has 6 heteroatoms. The molecule has 0 fully saturated rings. The van der Waals surface area contributed by atoms with Crippen molar-refractivity contribution >= 4 is 29.6 Å².